The summed E-state index contributed by atoms with van der Waals surface area (Å²) in [5, 5.41) is 0. The van der Waals surface area contributed by atoms with E-state index in [0.717, 1.165) is 36.7 Å². The molecule has 0 unspecified atom stereocenters. The minimum Gasteiger partial charge on any atom is -0.340 e. The predicted octanol–water partition coefficient (Wildman–Crippen LogP) is 4.18. The Morgan fingerprint density at radius 1 is 1.04 bits per heavy atom. The third-order valence-electron chi connectivity index (χ3n) is 5.73. The molecule has 1 fully saturated rings. The van der Waals surface area contributed by atoms with Crippen molar-refractivity contribution in [1.82, 2.24) is 9.97 Å². The second kappa shape index (κ2) is 6.82. The Balaban J connectivity index is 1.61. The molecular formula is C22H27N3O. The van der Waals surface area contributed by atoms with E-state index in [1.807, 2.05) is 0 Å². The molecule has 0 N–H and O–H groups in total. The van der Waals surface area contributed by atoms with Crippen molar-refractivity contribution in [2.24, 2.45) is 11.8 Å². The second-order valence-corrected chi connectivity index (χ2v) is 8.32. The molecule has 0 spiro atoms. The monoisotopic (exact) mass is 349 g/mol. The molecule has 2 aromatic rings. The highest BCUT2D eigenvalue weighted by atomic mass is 16.1. The number of ketones is 1. The lowest BCUT2D eigenvalue weighted by Gasteiger charge is -2.35. The average Bonchev–Trinajstić information content (AvgIpc) is 2.61. The number of benzene rings is 1. The van der Waals surface area contributed by atoms with E-state index in [0.29, 0.717) is 18.3 Å². The van der Waals surface area contributed by atoms with Gasteiger partial charge in [0.05, 0.1) is 11.3 Å². The average molecular weight is 349 g/mol. The molecule has 0 radical (unpaired) electrons. The Hall–Kier alpha value is -2.23. The minimum absolute atomic E-state index is 0.170. The predicted molar refractivity (Wildman–Crippen MR) is 104 cm³/mol. The van der Waals surface area contributed by atoms with Crippen molar-refractivity contribution < 1.29 is 4.79 Å². The summed E-state index contributed by atoms with van der Waals surface area (Å²) in [5.74, 6) is 2.49. The van der Waals surface area contributed by atoms with E-state index in [4.69, 9.17) is 4.98 Å². The molecule has 4 nitrogen and oxygen atoms in total. The maximum Gasteiger partial charge on any atom is 0.225 e. The van der Waals surface area contributed by atoms with E-state index in [1.165, 1.54) is 17.5 Å². The Morgan fingerprint density at radius 2 is 1.73 bits per heavy atom. The first-order valence-corrected chi connectivity index (χ1v) is 9.70. The first-order chi connectivity index (χ1) is 12.5. The lowest BCUT2D eigenvalue weighted by atomic mass is 9.82. The van der Waals surface area contributed by atoms with E-state index in [9.17, 15) is 4.79 Å². The zero-order valence-electron chi connectivity index (χ0n) is 15.9. The van der Waals surface area contributed by atoms with Gasteiger partial charge in [0.25, 0.3) is 0 Å². The number of aryl methyl sites for hydroxylation is 1. The van der Waals surface area contributed by atoms with Crippen molar-refractivity contribution in [3.8, 4) is 0 Å². The maximum absolute atomic E-state index is 12.6. The second-order valence-electron chi connectivity index (χ2n) is 8.32. The lowest BCUT2D eigenvalue weighted by molar-refractivity contribution is 0.0962. The fourth-order valence-electron chi connectivity index (χ4n) is 4.49. The molecule has 1 aliphatic heterocycles. The first kappa shape index (κ1) is 17.2. The van der Waals surface area contributed by atoms with Crippen LogP contribution in [0.15, 0.2) is 30.5 Å². The van der Waals surface area contributed by atoms with Crippen LogP contribution in [-0.4, -0.2) is 28.8 Å². The molecule has 1 aliphatic carbocycles. The van der Waals surface area contributed by atoms with Gasteiger partial charge in [-0.1, -0.05) is 43.7 Å². The smallest absolute Gasteiger partial charge is 0.225 e. The van der Waals surface area contributed by atoms with Crippen LogP contribution in [0.2, 0.25) is 0 Å². The molecule has 1 aromatic carbocycles. The third kappa shape index (κ3) is 3.37. The number of hydrogen-bond donors (Lipinski definition) is 0. The highest BCUT2D eigenvalue weighted by molar-refractivity contribution is 5.98. The fraction of sp³-hybridized carbons (Fsp3) is 0.500. The number of piperidine rings is 1. The summed E-state index contributed by atoms with van der Waals surface area (Å²) in [6.07, 6.45) is 4.39. The Bertz CT molecular complexity index is 805. The van der Waals surface area contributed by atoms with E-state index in [-0.39, 0.29) is 11.7 Å². The van der Waals surface area contributed by atoms with Gasteiger partial charge in [0, 0.05) is 25.7 Å². The van der Waals surface area contributed by atoms with Crippen LogP contribution in [0.3, 0.4) is 0 Å². The number of hydrogen-bond acceptors (Lipinski definition) is 4. The molecular weight excluding hydrogens is 322 g/mol. The number of nitrogens with zero attached hydrogens (tertiary/aromatic N) is 3. The van der Waals surface area contributed by atoms with Crippen molar-refractivity contribution in [3.63, 3.8) is 0 Å². The highest BCUT2D eigenvalue weighted by Crippen LogP contribution is 2.33. The molecule has 4 rings (SSSR count). The SMILES string of the molecule is Cc1ccc([C@@H]2CC(=O)c3cnc(N4C[C@H](C)C[C@H](C)C4)nc3C2)cc1. The van der Waals surface area contributed by atoms with Crippen molar-refractivity contribution in [2.75, 3.05) is 18.0 Å². The van der Waals surface area contributed by atoms with Gasteiger partial charge in [0.2, 0.25) is 5.95 Å². The lowest BCUT2D eigenvalue weighted by Crippen LogP contribution is -2.40. The van der Waals surface area contributed by atoms with Crippen molar-refractivity contribution in [1.29, 1.82) is 0 Å². The van der Waals surface area contributed by atoms with Crippen LogP contribution in [0.5, 0.6) is 0 Å². The van der Waals surface area contributed by atoms with E-state index >= 15 is 0 Å². The van der Waals surface area contributed by atoms with E-state index in [1.54, 1.807) is 6.20 Å². The van der Waals surface area contributed by atoms with Crippen LogP contribution < -0.4 is 4.90 Å². The van der Waals surface area contributed by atoms with Crippen molar-refractivity contribution in [3.05, 3.63) is 52.8 Å². The number of anilines is 1. The zero-order chi connectivity index (χ0) is 18.3. The summed E-state index contributed by atoms with van der Waals surface area (Å²) in [5.41, 5.74) is 4.11. The summed E-state index contributed by atoms with van der Waals surface area (Å²) in [4.78, 5) is 24.3. The quantitative estimate of drug-likeness (QED) is 0.816. The van der Waals surface area contributed by atoms with Crippen LogP contribution in [0.4, 0.5) is 5.95 Å². The zero-order valence-corrected chi connectivity index (χ0v) is 15.9. The van der Waals surface area contributed by atoms with Crippen molar-refractivity contribution >= 4 is 11.7 Å². The molecule has 1 saturated heterocycles. The number of fused-ring (bicyclic) bond motifs is 1. The topological polar surface area (TPSA) is 46.1 Å². The number of carbonyl (C=O) groups is 1. The highest BCUT2D eigenvalue weighted by Gasteiger charge is 2.30. The van der Waals surface area contributed by atoms with Gasteiger partial charge >= 0.3 is 0 Å². The molecule has 1 aromatic heterocycles. The van der Waals surface area contributed by atoms with Gasteiger partial charge in [0.1, 0.15) is 0 Å². The summed E-state index contributed by atoms with van der Waals surface area (Å²) < 4.78 is 0. The molecule has 3 atom stereocenters. The van der Waals surface area contributed by atoms with Gasteiger partial charge in [-0.05, 0) is 43.1 Å². The largest absolute Gasteiger partial charge is 0.340 e. The first-order valence-electron chi connectivity index (χ1n) is 9.70. The molecule has 136 valence electrons. The number of Topliss-reactive ketones (excluding diaryl/α,β-unsaturated/α-hetero) is 1. The summed E-state index contributed by atoms with van der Waals surface area (Å²) >= 11 is 0. The van der Waals surface area contributed by atoms with Crippen LogP contribution in [-0.2, 0) is 6.42 Å². The molecule has 0 amide bonds. The van der Waals surface area contributed by atoms with Gasteiger partial charge in [-0.15, -0.1) is 0 Å². The van der Waals surface area contributed by atoms with Crippen molar-refractivity contribution in [2.45, 2.75) is 46.0 Å². The van der Waals surface area contributed by atoms with Crippen LogP contribution >= 0.6 is 0 Å². The summed E-state index contributed by atoms with van der Waals surface area (Å²) in [6.45, 7) is 8.66. The summed E-state index contributed by atoms with van der Waals surface area (Å²) in [7, 11) is 0. The van der Waals surface area contributed by atoms with Gasteiger partial charge in [0.15, 0.2) is 5.78 Å². The molecule has 0 saturated carbocycles. The van der Waals surface area contributed by atoms with E-state index in [2.05, 4.69) is 54.9 Å². The number of carbonyl (C=O) groups excluding carboxylic acids is 1. The van der Waals surface area contributed by atoms with Crippen LogP contribution in [0.25, 0.3) is 0 Å². The number of aromatic nitrogens is 2. The minimum atomic E-state index is 0.170. The Labute approximate surface area is 155 Å². The van der Waals surface area contributed by atoms with Crippen LogP contribution in [0, 0.1) is 18.8 Å². The molecule has 26 heavy (non-hydrogen) atoms. The van der Waals surface area contributed by atoms with Gasteiger partial charge in [-0.25, -0.2) is 9.97 Å². The fourth-order valence-corrected chi connectivity index (χ4v) is 4.49. The normalized spacial score (nSPS) is 25.9. The molecule has 0 bridgehead atoms. The third-order valence-corrected chi connectivity index (χ3v) is 5.73. The van der Waals surface area contributed by atoms with Gasteiger partial charge in [-0.3, -0.25) is 4.79 Å². The number of rotatable bonds is 2. The Kier molecular flexibility index (Phi) is 4.51. The molecule has 2 aliphatic rings. The van der Waals surface area contributed by atoms with Crippen LogP contribution in [0.1, 0.15) is 59.8 Å². The standard InChI is InChI=1S/C22H27N3O/c1-14-4-6-17(7-5-14)18-9-20-19(21(26)10-18)11-23-22(24-20)25-12-15(2)8-16(3)13-25/h4-7,11,15-16,18H,8-10,12-13H2,1-3H3/t15-,16+,18-/m0/s1. The van der Waals surface area contributed by atoms with E-state index < -0.39 is 0 Å². The molecule has 2 heterocycles. The summed E-state index contributed by atoms with van der Waals surface area (Å²) in [6, 6.07) is 8.54. The van der Waals surface area contributed by atoms with Gasteiger partial charge in [-0.2, -0.15) is 0 Å². The Morgan fingerprint density at radius 3 is 2.42 bits per heavy atom. The van der Waals surface area contributed by atoms with Gasteiger partial charge < -0.3 is 4.90 Å². The maximum atomic E-state index is 12.6. The molecule has 4 heteroatoms.